The Kier molecular flexibility index (Phi) is 2.49. The molecule has 14 heavy (non-hydrogen) atoms. The van der Waals surface area contributed by atoms with Crippen molar-refractivity contribution < 1.29 is 9.90 Å². The number of benzene rings is 1. The second-order valence-electron chi connectivity index (χ2n) is 3.58. The van der Waals surface area contributed by atoms with E-state index in [1.54, 1.807) is 25.1 Å². The number of carboxylic acid groups (broad SMARTS) is 1. The molecule has 0 amide bonds. The summed E-state index contributed by atoms with van der Waals surface area (Å²) in [6.45, 7) is 3.26. The minimum atomic E-state index is -1.36. The molecule has 0 radical (unpaired) electrons. The molecule has 4 nitrogen and oxygen atoms in total. The molecule has 0 bridgehead atoms. The molecule has 5 N–H and O–H groups in total. The summed E-state index contributed by atoms with van der Waals surface area (Å²) in [7, 11) is 0. The summed E-state index contributed by atoms with van der Waals surface area (Å²) in [6, 6.07) is 5.01. The van der Waals surface area contributed by atoms with E-state index >= 15 is 0 Å². The largest absolute Gasteiger partial charge is 0.480 e. The molecule has 1 aromatic rings. The van der Waals surface area contributed by atoms with E-state index in [4.69, 9.17) is 16.6 Å². The highest BCUT2D eigenvalue weighted by molar-refractivity contribution is 5.80. The molecule has 0 spiro atoms. The van der Waals surface area contributed by atoms with Crippen LogP contribution >= 0.6 is 0 Å². The third kappa shape index (κ3) is 1.70. The van der Waals surface area contributed by atoms with Gasteiger partial charge in [0.1, 0.15) is 5.54 Å². The first-order chi connectivity index (χ1) is 6.35. The van der Waals surface area contributed by atoms with Crippen molar-refractivity contribution >= 4 is 11.7 Å². The van der Waals surface area contributed by atoms with Crippen LogP contribution in [0.15, 0.2) is 18.2 Å². The van der Waals surface area contributed by atoms with Crippen LogP contribution in [0, 0.1) is 6.92 Å². The Hall–Kier alpha value is -1.55. The van der Waals surface area contributed by atoms with Gasteiger partial charge in [-0.2, -0.15) is 0 Å². The highest BCUT2D eigenvalue weighted by Crippen LogP contribution is 2.23. The predicted octanol–water partition coefficient (Wildman–Crippen LogP) is 0.836. The number of anilines is 1. The summed E-state index contributed by atoms with van der Waals surface area (Å²) >= 11 is 0. The van der Waals surface area contributed by atoms with Crippen LogP contribution in [0.2, 0.25) is 0 Å². The highest BCUT2D eigenvalue weighted by Gasteiger charge is 2.31. The Morgan fingerprint density at radius 2 is 2.07 bits per heavy atom. The fraction of sp³-hybridized carbons (Fsp3) is 0.300. The number of aliphatic carboxylic acids is 1. The zero-order valence-electron chi connectivity index (χ0n) is 8.24. The second kappa shape index (κ2) is 3.31. The third-order valence-corrected chi connectivity index (χ3v) is 2.25. The van der Waals surface area contributed by atoms with Gasteiger partial charge in [-0.25, -0.2) is 4.79 Å². The van der Waals surface area contributed by atoms with E-state index in [-0.39, 0.29) is 0 Å². The molecule has 0 fully saturated rings. The molecular formula is C10H14N2O2. The number of hydrogen-bond donors (Lipinski definition) is 3. The predicted molar refractivity (Wildman–Crippen MR) is 54.8 cm³/mol. The molecule has 0 unspecified atom stereocenters. The number of nitrogen functional groups attached to an aromatic ring is 1. The molecule has 0 saturated heterocycles. The normalized spacial score (nSPS) is 14.8. The molecule has 1 atom stereocenters. The lowest BCUT2D eigenvalue weighted by atomic mass is 9.89. The van der Waals surface area contributed by atoms with Gasteiger partial charge in [0.25, 0.3) is 0 Å². The minimum absolute atomic E-state index is 0.583. The van der Waals surface area contributed by atoms with Crippen LogP contribution in [0.25, 0.3) is 0 Å². The van der Waals surface area contributed by atoms with Gasteiger partial charge in [-0.15, -0.1) is 0 Å². The molecular weight excluding hydrogens is 180 g/mol. The van der Waals surface area contributed by atoms with Crippen molar-refractivity contribution in [1.29, 1.82) is 0 Å². The third-order valence-electron chi connectivity index (χ3n) is 2.25. The lowest BCUT2D eigenvalue weighted by Gasteiger charge is -2.22. The maximum Gasteiger partial charge on any atom is 0.328 e. The van der Waals surface area contributed by atoms with Crippen LogP contribution in [0.4, 0.5) is 5.69 Å². The average molecular weight is 194 g/mol. The van der Waals surface area contributed by atoms with E-state index in [1.165, 1.54) is 6.92 Å². The summed E-state index contributed by atoms with van der Waals surface area (Å²) in [6.07, 6.45) is 0. The van der Waals surface area contributed by atoms with Gasteiger partial charge >= 0.3 is 5.97 Å². The van der Waals surface area contributed by atoms with Gasteiger partial charge in [-0.1, -0.05) is 6.07 Å². The molecule has 76 valence electrons. The van der Waals surface area contributed by atoms with Gasteiger partial charge in [0.2, 0.25) is 0 Å². The molecule has 1 rings (SSSR count). The van der Waals surface area contributed by atoms with Crippen LogP contribution in [0.3, 0.4) is 0 Å². The van der Waals surface area contributed by atoms with E-state index in [0.717, 1.165) is 5.56 Å². The minimum Gasteiger partial charge on any atom is -0.480 e. The van der Waals surface area contributed by atoms with Gasteiger partial charge in [-0.05, 0) is 37.1 Å². The van der Waals surface area contributed by atoms with Crippen molar-refractivity contribution in [3.63, 3.8) is 0 Å². The van der Waals surface area contributed by atoms with Gasteiger partial charge in [-0.3, -0.25) is 0 Å². The van der Waals surface area contributed by atoms with Gasteiger partial charge in [0, 0.05) is 5.69 Å². The first-order valence-corrected chi connectivity index (χ1v) is 4.24. The van der Waals surface area contributed by atoms with Crippen molar-refractivity contribution in [1.82, 2.24) is 0 Å². The van der Waals surface area contributed by atoms with Gasteiger partial charge in [0.15, 0.2) is 0 Å². The van der Waals surface area contributed by atoms with Crippen LogP contribution in [-0.2, 0) is 10.3 Å². The smallest absolute Gasteiger partial charge is 0.328 e. The maximum atomic E-state index is 10.9. The monoisotopic (exact) mass is 194 g/mol. The topological polar surface area (TPSA) is 89.3 Å². The van der Waals surface area contributed by atoms with Crippen molar-refractivity contribution in [2.24, 2.45) is 5.73 Å². The van der Waals surface area contributed by atoms with E-state index in [0.29, 0.717) is 11.3 Å². The Morgan fingerprint density at radius 3 is 2.50 bits per heavy atom. The highest BCUT2D eigenvalue weighted by atomic mass is 16.4. The quantitative estimate of drug-likeness (QED) is 0.608. The van der Waals surface area contributed by atoms with Gasteiger partial charge in [0.05, 0.1) is 0 Å². The molecule has 1 aromatic carbocycles. The van der Waals surface area contributed by atoms with Crippen molar-refractivity contribution in [3.05, 3.63) is 29.3 Å². The Morgan fingerprint density at radius 1 is 1.50 bits per heavy atom. The lowest BCUT2D eigenvalue weighted by Crippen LogP contribution is -2.42. The number of carboxylic acids is 1. The number of hydrogen-bond acceptors (Lipinski definition) is 3. The summed E-state index contributed by atoms with van der Waals surface area (Å²) in [4.78, 5) is 10.9. The zero-order chi connectivity index (χ0) is 10.9. The van der Waals surface area contributed by atoms with Crippen LogP contribution in [0.5, 0.6) is 0 Å². The maximum absolute atomic E-state index is 10.9. The fourth-order valence-corrected chi connectivity index (χ4v) is 1.38. The molecule has 0 saturated carbocycles. The molecule has 0 heterocycles. The average Bonchev–Trinajstić information content (AvgIpc) is 2.02. The molecule has 0 aromatic heterocycles. The van der Waals surface area contributed by atoms with Crippen LogP contribution < -0.4 is 11.5 Å². The first kappa shape index (κ1) is 10.5. The Balaban J connectivity index is 3.26. The van der Waals surface area contributed by atoms with Gasteiger partial charge < -0.3 is 16.6 Å². The summed E-state index contributed by atoms with van der Waals surface area (Å²) < 4.78 is 0. The summed E-state index contributed by atoms with van der Waals surface area (Å²) in [5.41, 5.74) is 11.9. The fourth-order valence-electron chi connectivity index (χ4n) is 1.38. The standard InChI is InChI=1S/C10H14N2O2/c1-6-5-7(11)3-4-8(6)10(2,12)9(13)14/h3-5H,11-12H2,1-2H3,(H,13,14)/t10-/m0/s1. The number of rotatable bonds is 2. The Bertz CT molecular complexity index is 372. The van der Waals surface area contributed by atoms with Crippen LogP contribution in [0.1, 0.15) is 18.1 Å². The molecule has 0 aliphatic heterocycles. The second-order valence-corrected chi connectivity index (χ2v) is 3.58. The lowest BCUT2D eigenvalue weighted by molar-refractivity contribution is -0.143. The van der Waals surface area contributed by atoms with Crippen molar-refractivity contribution in [3.8, 4) is 0 Å². The van der Waals surface area contributed by atoms with Crippen molar-refractivity contribution in [2.45, 2.75) is 19.4 Å². The number of aryl methyl sites for hydroxylation is 1. The van der Waals surface area contributed by atoms with E-state index in [9.17, 15) is 4.79 Å². The van der Waals surface area contributed by atoms with E-state index in [1.807, 2.05) is 0 Å². The summed E-state index contributed by atoms with van der Waals surface area (Å²) in [5, 5.41) is 8.93. The first-order valence-electron chi connectivity index (χ1n) is 4.24. The van der Waals surface area contributed by atoms with E-state index in [2.05, 4.69) is 0 Å². The molecule has 4 heteroatoms. The Labute approximate surface area is 82.5 Å². The SMILES string of the molecule is Cc1cc(N)ccc1[C@](C)(N)C(=O)O. The van der Waals surface area contributed by atoms with Crippen molar-refractivity contribution in [2.75, 3.05) is 5.73 Å². The molecule has 0 aliphatic carbocycles. The number of nitrogens with two attached hydrogens (primary N) is 2. The summed E-state index contributed by atoms with van der Waals surface area (Å²) in [5.74, 6) is -1.05. The zero-order valence-corrected chi connectivity index (χ0v) is 8.24. The number of carbonyl (C=O) groups is 1. The molecule has 0 aliphatic rings. The van der Waals surface area contributed by atoms with Crippen LogP contribution in [-0.4, -0.2) is 11.1 Å². The van der Waals surface area contributed by atoms with E-state index < -0.39 is 11.5 Å².